The predicted octanol–water partition coefficient (Wildman–Crippen LogP) is 2.64. The second-order valence-electron chi connectivity index (χ2n) is 7.22. The molecule has 1 fully saturated rings. The van der Waals surface area contributed by atoms with Crippen LogP contribution in [0.4, 0.5) is 0 Å². The highest BCUT2D eigenvalue weighted by molar-refractivity contribution is 6.04. The maximum absolute atomic E-state index is 13.4. The molecule has 0 radical (unpaired) electrons. The monoisotopic (exact) mass is 367 g/mol. The molecule has 1 aliphatic carbocycles. The van der Waals surface area contributed by atoms with Gasteiger partial charge >= 0.3 is 0 Å². The van der Waals surface area contributed by atoms with Gasteiger partial charge in [0, 0.05) is 42.9 Å². The van der Waals surface area contributed by atoms with Gasteiger partial charge in [0.25, 0.3) is 5.91 Å². The molecule has 2 heterocycles. The number of ether oxygens (including phenoxy) is 1. The Balaban J connectivity index is 1.71. The van der Waals surface area contributed by atoms with E-state index in [-0.39, 0.29) is 17.7 Å². The van der Waals surface area contributed by atoms with Crippen LogP contribution in [-0.4, -0.2) is 48.3 Å². The Morgan fingerprint density at radius 1 is 1.26 bits per heavy atom. The van der Waals surface area contributed by atoms with E-state index in [0.29, 0.717) is 25.2 Å². The molecule has 1 aromatic carbocycles. The molecule has 2 N–H and O–H groups in total. The Morgan fingerprint density at radius 3 is 2.85 bits per heavy atom. The zero-order valence-electron chi connectivity index (χ0n) is 15.8. The molecule has 0 spiro atoms. The number of methoxy groups -OCH3 is 1. The molecule has 1 aromatic heterocycles. The van der Waals surface area contributed by atoms with Gasteiger partial charge in [-0.25, -0.2) is 0 Å². The van der Waals surface area contributed by atoms with Gasteiger partial charge in [-0.15, -0.1) is 0 Å². The van der Waals surface area contributed by atoms with Crippen LogP contribution in [0.25, 0.3) is 0 Å². The minimum absolute atomic E-state index is 0.0490. The maximum atomic E-state index is 13.4. The van der Waals surface area contributed by atoms with Crippen molar-refractivity contribution in [3.8, 4) is 5.75 Å². The van der Waals surface area contributed by atoms with E-state index in [9.17, 15) is 9.59 Å². The lowest BCUT2D eigenvalue weighted by molar-refractivity contribution is 0.0625. The first-order valence-electron chi connectivity index (χ1n) is 9.51. The molecular formula is C21H25N3O3. The van der Waals surface area contributed by atoms with Crippen LogP contribution in [0.2, 0.25) is 0 Å². The van der Waals surface area contributed by atoms with E-state index >= 15 is 0 Å². The third-order valence-electron chi connectivity index (χ3n) is 5.65. The Morgan fingerprint density at radius 2 is 2.07 bits per heavy atom. The van der Waals surface area contributed by atoms with Crippen molar-refractivity contribution in [2.75, 3.05) is 26.7 Å². The van der Waals surface area contributed by atoms with Crippen LogP contribution in [-0.2, 0) is 6.42 Å². The second kappa shape index (κ2) is 7.19. The number of benzene rings is 1. The van der Waals surface area contributed by atoms with Crippen LogP contribution in [0.5, 0.6) is 5.75 Å². The number of aromatic nitrogens is 1. The Hall–Kier alpha value is -2.60. The summed E-state index contributed by atoms with van der Waals surface area (Å²) in [6.45, 7) is 3.91. The van der Waals surface area contributed by atoms with Gasteiger partial charge in [0.05, 0.1) is 13.2 Å². The molecule has 6 nitrogen and oxygen atoms in total. The number of carbonyl (C=O) groups excluding carboxylic acids is 2. The standard InChI is InChI=1S/C21H25N3O3/c1-13-19-15(7-5-8-17(19)25)23-20(13)21(26)24-11-10-22-12-16(24)14-6-3-4-9-18(14)27-2/h3-4,6,9,16,22-23H,5,7-8,10-12H2,1-2H3. The lowest BCUT2D eigenvalue weighted by Crippen LogP contribution is -2.49. The highest BCUT2D eigenvalue weighted by Gasteiger charge is 2.34. The predicted molar refractivity (Wildman–Crippen MR) is 102 cm³/mol. The van der Waals surface area contributed by atoms with E-state index in [2.05, 4.69) is 10.3 Å². The maximum Gasteiger partial charge on any atom is 0.271 e. The van der Waals surface area contributed by atoms with Crippen molar-refractivity contribution in [3.05, 3.63) is 52.3 Å². The smallest absolute Gasteiger partial charge is 0.271 e. The van der Waals surface area contributed by atoms with Crippen molar-refractivity contribution in [1.29, 1.82) is 0 Å². The highest BCUT2D eigenvalue weighted by Crippen LogP contribution is 2.33. The number of H-pyrrole nitrogens is 1. The Labute approximate surface area is 158 Å². The van der Waals surface area contributed by atoms with Gasteiger partial charge in [0.15, 0.2) is 5.78 Å². The largest absolute Gasteiger partial charge is 0.496 e. The number of nitrogens with one attached hydrogen (secondary N) is 2. The summed E-state index contributed by atoms with van der Waals surface area (Å²) in [5.41, 5.74) is 3.98. The summed E-state index contributed by atoms with van der Waals surface area (Å²) in [7, 11) is 1.65. The number of nitrogens with zero attached hydrogens (tertiary/aromatic N) is 1. The fourth-order valence-electron chi connectivity index (χ4n) is 4.30. The molecule has 0 bridgehead atoms. The third kappa shape index (κ3) is 3.04. The van der Waals surface area contributed by atoms with E-state index in [4.69, 9.17) is 4.74 Å². The third-order valence-corrected chi connectivity index (χ3v) is 5.65. The number of rotatable bonds is 3. The van der Waals surface area contributed by atoms with Gasteiger partial charge in [0.2, 0.25) is 0 Å². The molecule has 142 valence electrons. The van der Waals surface area contributed by atoms with Crippen LogP contribution in [0.3, 0.4) is 0 Å². The summed E-state index contributed by atoms with van der Waals surface area (Å²) in [4.78, 5) is 30.9. The van der Waals surface area contributed by atoms with E-state index < -0.39 is 0 Å². The van der Waals surface area contributed by atoms with Gasteiger partial charge in [0.1, 0.15) is 11.4 Å². The average Bonchev–Trinajstić information content (AvgIpc) is 3.05. The number of aryl methyl sites for hydroxylation is 1. The number of Topliss-reactive ketones (excluding diaryl/α,β-unsaturated/α-hetero) is 1. The summed E-state index contributed by atoms with van der Waals surface area (Å²) < 4.78 is 5.52. The molecular weight excluding hydrogens is 342 g/mol. The van der Waals surface area contributed by atoms with Crippen molar-refractivity contribution in [3.63, 3.8) is 0 Å². The molecule has 1 amide bonds. The average molecular weight is 367 g/mol. The summed E-state index contributed by atoms with van der Waals surface area (Å²) in [6.07, 6.45) is 2.24. The number of aromatic amines is 1. The van der Waals surface area contributed by atoms with E-state index in [1.807, 2.05) is 36.1 Å². The van der Waals surface area contributed by atoms with Crippen LogP contribution in [0.1, 0.15) is 56.6 Å². The quantitative estimate of drug-likeness (QED) is 0.875. The molecule has 27 heavy (non-hydrogen) atoms. The minimum Gasteiger partial charge on any atom is -0.496 e. The number of hydrogen-bond acceptors (Lipinski definition) is 4. The molecule has 1 unspecified atom stereocenters. The molecule has 2 aromatic rings. The summed E-state index contributed by atoms with van der Waals surface area (Å²) in [5, 5.41) is 3.38. The lowest BCUT2D eigenvalue weighted by Gasteiger charge is -2.37. The lowest BCUT2D eigenvalue weighted by atomic mass is 9.93. The molecule has 4 rings (SSSR count). The fourth-order valence-corrected chi connectivity index (χ4v) is 4.30. The molecule has 6 heteroatoms. The molecule has 1 saturated heterocycles. The number of fused-ring (bicyclic) bond motifs is 1. The molecule has 1 atom stereocenters. The number of ketones is 1. The second-order valence-corrected chi connectivity index (χ2v) is 7.22. The number of hydrogen-bond donors (Lipinski definition) is 2. The minimum atomic E-state index is -0.113. The highest BCUT2D eigenvalue weighted by atomic mass is 16.5. The van der Waals surface area contributed by atoms with Gasteiger partial charge < -0.3 is 19.9 Å². The van der Waals surface area contributed by atoms with Crippen LogP contribution in [0, 0.1) is 6.92 Å². The van der Waals surface area contributed by atoms with Gasteiger partial charge in [-0.05, 0) is 31.4 Å². The number of para-hydroxylation sites is 1. The normalized spacial score (nSPS) is 19.7. The molecule has 1 aliphatic heterocycles. The number of piperazine rings is 1. The van der Waals surface area contributed by atoms with E-state index in [0.717, 1.165) is 47.5 Å². The SMILES string of the molecule is COc1ccccc1C1CNCCN1C(=O)c1[nH]c2c(c1C)C(=O)CCC2. The van der Waals surface area contributed by atoms with Gasteiger partial charge in [-0.1, -0.05) is 18.2 Å². The van der Waals surface area contributed by atoms with Crippen LogP contribution < -0.4 is 10.1 Å². The van der Waals surface area contributed by atoms with E-state index in [1.54, 1.807) is 7.11 Å². The summed E-state index contributed by atoms with van der Waals surface area (Å²) in [5.74, 6) is 0.874. The number of carbonyl (C=O) groups is 2. The fraction of sp³-hybridized carbons (Fsp3) is 0.429. The first-order valence-corrected chi connectivity index (χ1v) is 9.51. The zero-order chi connectivity index (χ0) is 19.0. The first-order chi connectivity index (χ1) is 13.1. The van der Waals surface area contributed by atoms with E-state index in [1.165, 1.54) is 0 Å². The van der Waals surface area contributed by atoms with Crippen molar-refractivity contribution in [2.45, 2.75) is 32.2 Å². The van der Waals surface area contributed by atoms with Crippen molar-refractivity contribution in [2.24, 2.45) is 0 Å². The Kier molecular flexibility index (Phi) is 4.74. The Bertz CT molecular complexity index is 887. The van der Waals surface area contributed by atoms with Gasteiger partial charge in [-0.3, -0.25) is 9.59 Å². The summed E-state index contributed by atoms with van der Waals surface area (Å²) >= 11 is 0. The van der Waals surface area contributed by atoms with Crippen LogP contribution >= 0.6 is 0 Å². The number of amides is 1. The topological polar surface area (TPSA) is 74.4 Å². The van der Waals surface area contributed by atoms with Crippen molar-refractivity contribution in [1.82, 2.24) is 15.2 Å². The zero-order valence-corrected chi connectivity index (χ0v) is 15.8. The molecule has 2 aliphatic rings. The summed E-state index contributed by atoms with van der Waals surface area (Å²) in [6, 6.07) is 7.71. The van der Waals surface area contributed by atoms with Crippen molar-refractivity contribution < 1.29 is 14.3 Å². The van der Waals surface area contributed by atoms with Crippen LogP contribution in [0.15, 0.2) is 24.3 Å². The van der Waals surface area contributed by atoms with Crippen molar-refractivity contribution >= 4 is 11.7 Å². The molecule has 0 saturated carbocycles. The first kappa shape index (κ1) is 17.8. The van der Waals surface area contributed by atoms with Gasteiger partial charge in [-0.2, -0.15) is 0 Å².